The Morgan fingerprint density at radius 3 is 2.14 bits per heavy atom. The maximum atomic E-state index is 12.3. The molecule has 0 atom stereocenters. The van der Waals surface area contributed by atoms with Gasteiger partial charge in [0.05, 0.1) is 6.54 Å². The van der Waals surface area contributed by atoms with Crippen LogP contribution in [0.3, 0.4) is 0 Å². The minimum absolute atomic E-state index is 0.151. The van der Waals surface area contributed by atoms with Crippen LogP contribution in [-0.4, -0.2) is 60.0 Å². The molecule has 0 spiro atoms. The van der Waals surface area contributed by atoms with Crippen LogP contribution in [0, 0.1) is 5.92 Å². The van der Waals surface area contributed by atoms with Gasteiger partial charge >= 0.3 is 5.97 Å². The summed E-state index contributed by atoms with van der Waals surface area (Å²) in [6.07, 6.45) is 4.00. The van der Waals surface area contributed by atoms with Gasteiger partial charge in [-0.3, -0.25) is 14.5 Å². The largest absolute Gasteiger partial charge is 0.459 e. The van der Waals surface area contributed by atoms with E-state index in [1.54, 1.807) is 0 Å². The summed E-state index contributed by atoms with van der Waals surface area (Å²) in [7, 11) is 0. The zero-order valence-corrected chi connectivity index (χ0v) is 13.6. The smallest absolute Gasteiger partial charge is 0.320 e. The number of esters is 1. The molecule has 1 amide bonds. The van der Waals surface area contributed by atoms with Crippen molar-refractivity contribution >= 4 is 11.9 Å². The average molecular weight is 296 g/mol. The fraction of sp³-hybridized carbons (Fsp3) is 0.875. The topological polar surface area (TPSA) is 49.9 Å². The number of hydrogen-bond acceptors (Lipinski definition) is 4. The Hall–Kier alpha value is -1.10. The number of carbonyl (C=O) groups is 2. The molecule has 2 fully saturated rings. The van der Waals surface area contributed by atoms with Crippen LogP contribution in [0.15, 0.2) is 0 Å². The number of carbonyl (C=O) groups excluding carboxylic acids is 2. The van der Waals surface area contributed by atoms with Crippen LogP contribution in [0.4, 0.5) is 0 Å². The number of amides is 1. The van der Waals surface area contributed by atoms with Gasteiger partial charge in [0.1, 0.15) is 5.60 Å². The lowest BCUT2D eigenvalue weighted by Crippen LogP contribution is -2.44. The first-order valence-electron chi connectivity index (χ1n) is 8.08. The maximum absolute atomic E-state index is 12.3. The lowest BCUT2D eigenvalue weighted by Gasteiger charge is -2.33. The first-order chi connectivity index (χ1) is 9.85. The van der Waals surface area contributed by atoms with Gasteiger partial charge in [-0.05, 0) is 59.5 Å². The maximum Gasteiger partial charge on any atom is 0.320 e. The molecule has 5 nitrogen and oxygen atoms in total. The fourth-order valence-electron chi connectivity index (χ4n) is 3.09. The van der Waals surface area contributed by atoms with E-state index in [0.29, 0.717) is 12.5 Å². The second-order valence-electron chi connectivity index (χ2n) is 7.17. The SMILES string of the molecule is CC(C)(C)OC(=O)CN1CCC(C(=O)N2CCCC2)CC1. The van der Waals surface area contributed by atoms with Crippen molar-refractivity contribution in [1.82, 2.24) is 9.80 Å². The average Bonchev–Trinajstić information content (AvgIpc) is 2.90. The van der Waals surface area contributed by atoms with E-state index in [4.69, 9.17) is 4.74 Å². The molecule has 0 aromatic carbocycles. The Kier molecular flexibility index (Phi) is 5.25. The molecule has 21 heavy (non-hydrogen) atoms. The summed E-state index contributed by atoms with van der Waals surface area (Å²) < 4.78 is 5.34. The van der Waals surface area contributed by atoms with E-state index in [9.17, 15) is 9.59 Å². The van der Waals surface area contributed by atoms with E-state index in [2.05, 4.69) is 4.90 Å². The van der Waals surface area contributed by atoms with Crippen LogP contribution in [0.5, 0.6) is 0 Å². The number of rotatable bonds is 3. The van der Waals surface area contributed by atoms with Crippen LogP contribution in [0.2, 0.25) is 0 Å². The Bertz CT molecular complexity index is 375. The third-order valence-electron chi connectivity index (χ3n) is 4.13. The van der Waals surface area contributed by atoms with Crippen molar-refractivity contribution in [3.05, 3.63) is 0 Å². The highest BCUT2D eigenvalue weighted by molar-refractivity contribution is 5.79. The third kappa shape index (κ3) is 4.99. The highest BCUT2D eigenvalue weighted by atomic mass is 16.6. The second-order valence-corrected chi connectivity index (χ2v) is 7.17. The molecular weight excluding hydrogens is 268 g/mol. The van der Waals surface area contributed by atoms with Crippen LogP contribution in [0.25, 0.3) is 0 Å². The van der Waals surface area contributed by atoms with Gasteiger partial charge in [-0.15, -0.1) is 0 Å². The van der Waals surface area contributed by atoms with Crippen LogP contribution < -0.4 is 0 Å². The molecule has 2 saturated heterocycles. The lowest BCUT2D eigenvalue weighted by molar-refractivity contribution is -0.156. The molecular formula is C16H28N2O3. The van der Waals surface area contributed by atoms with Crippen molar-refractivity contribution in [2.75, 3.05) is 32.7 Å². The Balaban J connectivity index is 1.73. The zero-order valence-electron chi connectivity index (χ0n) is 13.6. The Morgan fingerprint density at radius 2 is 1.62 bits per heavy atom. The van der Waals surface area contributed by atoms with Crippen molar-refractivity contribution < 1.29 is 14.3 Å². The van der Waals surface area contributed by atoms with Crippen molar-refractivity contribution in [2.45, 2.75) is 52.1 Å². The predicted molar refractivity (Wildman–Crippen MR) is 80.8 cm³/mol. The van der Waals surface area contributed by atoms with E-state index >= 15 is 0 Å². The van der Waals surface area contributed by atoms with Crippen LogP contribution in [-0.2, 0) is 14.3 Å². The molecule has 0 aromatic heterocycles. The van der Waals surface area contributed by atoms with Gasteiger partial charge in [0.2, 0.25) is 5.91 Å². The second kappa shape index (κ2) is 6.77. The monoisotopic (exact) mass is 296 g/mol. The van der Waals surface area contributed by atoms with E-state index in [0.717, 1.165) is 51.9 Å². The molecule has 2 rings (SSSR count). The van der Waals surface area contributed by atoms with E-state index in [1.165, 1.54) is 0 Å². The summed E-state index contributed by atoms with van der Waals surface area (Å²) in [4.78, 5) is 28.3. The highest BCUT2D eigenvalue weighted by Gasteiger charge is 2.30. The molecule has 0 bridgehead atoms. The van der Waals surface area contributed by atoms with Gasteiger partial charge in [-0.25, -0.2) is 0 Å². The number of piperidine rings is 1. The number of ether oxygens (including phenoxy) is 1. The molecule has 5 heteroatoms. The first-order valence-corrected chi connectivity index (χ1v) is 8.08. The molecule has 0 aromatic rings. The molecule has 0 saturated carbocycles. The van der Waals surface area contributed by atoms with Gasteiger partial charge in [0.25, 0.3) is 0 Å². The number of nitrogens with zero attached hydrogens (tertiary/aromatic N) is 2. The van der Waals surface area contributed by atoms with Gasteiger partial charge in [0.15, 0.2) is 0 Å². The van der Waals surface area contributed by atoms with Crippen LogP contribution in [0.1, 0.15) is 46.5 Å². The summed E-state index contributed by atoms with van der Waals surface area (Å²) in [5.74, 6) is 0.300. The Morgan fingerprint density at radius 1 is 1.05 bits per heavy atom. The lowest BCUT2D eigenvalue weighted by atomic mass is 9.95. The summed E-state index contributed by atoms with van der Waals surface area (Å²) in [5, 5.41) is 0. The van der Waals surface area contributed by atoms with Crippen molar-refractivity contribution in [3.63, 3.8) is 0 Å². The predicted octanol–water partition coefficient (Wildman–Crippen LogP) is 1.66. The van der Waals surface area contributed by atoms with E-state index in [-0.39, 0.29) is 11.9 Å². The summed E-state index contributed by atoms with van der Waals surface area (Å²) in [6, 6.07) is 0. The number of likely N-dealkylation sites (tertiary alicyclic amines) is 2. The van der Waals surface area contributed by atoms with Gasteiger partial charge in [-0.2, -0.15) is 0 Å². The number of hydrogen-bond donors (Lipinski definition) is 0. The third-order valence-corrected chi connectivity index (χ3v) is 4.13. The van der Waals surface area contributed by atoms with Gasteiger partial charge in [0, 0.05) is 19.0 Å². The summed E-state index contributed by atoms with van der Waals surface area (Å²) in [5.41, 5.74) is -0.429. The summed E-state index contributed by atoms with van der Waals surface area (Å²) >= 11 is 0. The molecule has 2 aliphatic rings. The summed E-state index contributed by atoms with van der Waals surface area (Å²) in [6.45, 7) is 9.45. The van der Waals surface area contributed by atoms with Crippen molar-refractivity contribution in [1.29, 1.82) is 0 Å². The quantitative estimate of drug-likeness (QED) is 0.743. The highest BCUT2D eigenvalue weighted by Crippen LogP contribution is 2.22. The zero-order chi connectivity index (χ0) is 15.5. The van der Waals surface area contributed by atoms with Crippen molar-refractivity contribution in [3.8, 4) is 0 Å². The normalized spacial score (nSPS) is 21.6. The molecule has 2 heterocycles. The van der Waals surface area contributed by atoms with Gasteiger partial charge in [-0.1, -0.05) is 0 Å². The van der Waals surface area contributed by atoms with Gasteiger partial charge < -0.3 is 9.64 Å². The standard InChI is InChI=1S/C16H28N2O3/c1-16(2,3)21-14(19)12-17-10-6-13(7-11-17)15(20)18-8-4-5-9-18/h13H,4-12H2,1-3H3. The van der Waals surface area contributed by atoms with Crippen molar-refractivity contribution in [2.24, 2.45) is 5.92 Å². The Labute approximate surface area is 127 Å². The minimum atomic E-state index is -0.429. The minimum Gasteiger partial charge on any atom is -0.459 e. The molecule has 120 valence electrons. The van der Waals surface area contributed by atoms with E-state index < -0.39 is 5.60 Å². The molecule has 0 aliphatic carbocycles. The molecule has 0 N–H and O–H groups in total. The fourth-order valence-corrected chi connectivity index (χ4v) is 3.09. The molecule has 2 aliphatic heterocycles. The first kappa shape index (κ1) is 16.3. The molecule has 0 unspecified atom stereocenters. The van der Waals surface area contributed by atoms with Crippen LogP contribution >= 0.6 is 0 Å². The molecule has 0 radical (unpaired) electrons. The van der Waals surface area contributed by atoms with E-state index in [1.807, 2.05) is 25.7 Å².